The van der Waals surface area contributed by atoms with Gasteiger partial charge in [-0.2, -0.15) is 0 Å². The highest BCUT2D eigenvalue weighted by molar-refractivity contribution is 8.13. The topological polar surface area (TPSA) is 17.1 Å². The van der Waals surface area contributed by atoms with Crippen molar-refractivity contribution in [3.8, 4) is 0 Å². The number of rotatable bonds is 3. The summed E-state index contributed by atoms with van der Waals surface area (Å²) < 4.78 is 24.1. The lowest BCUT2D eigenvalue weighted by Gasteiger charge is -2.07. The minimum atomic E-state index is -2.70. The molecule has 4 heteroatoms. The molecule has 0 atom stereocenters. The lowest BCUT2D eigenvalue weighted by Crippen LogP contribution is -2.10. The maximum Gasteiger partial charge on any atom is 0.245 e. The van der Waals surface area contributed by atoms with Crippen molar-refractivity contribution in [2.24, 2.45) is 0 Å². The molecule has 0 aliphatic heterocycles. The maximum atomic E-state index is 12.1. The molecule has 0 spiro atoms. The Morgan fingerprint density at radius 1 is 1.60 bits per heavy atom. The van der Waals surface area contributed by atoms with Crippen molar-refractivity contribution in [2.45, 2.75) is 25.7 Å². The summed E-state index contributed by atoms with van der Waals surface area (Å²) in [5.74, 6) is -2.70. The summed E-state index contributed by atoms with van der Waals surface area (Å²) in [5.41, 5.74) is 0. The number of halogens is 2. The Labute approximate surface area is 63.2 Å². The summed E-state index contributed by atoms with van der Waals surface area (Å²) in [5, 5.41) is -0.179. The van der Waals surface area contributed by atoms with E-state index in [-0.39, 0.29) is 18.0 Å². The van der Waals surface area contributed by atoms with Crippen LogP contribution in [0.1, 0.15) is 19.8 Å². The molecule has 1 nitrogen and oxygen atoms in total. The maximum absolute atomic E-state index is 12.1. The van der Waals surface area contributed by atoms with Gasteiger partial charge in [-0.1, -0.05) is 11.8 Å². The zero-order chi connectivity index (χ0) is 8.20. The molecule has 0 bridgehead atoms. The Balaban J connectivity index is 3.46. The molecular weight excluding hydrogens is 158 g/mol. The SMILES string of the molecule is CSC(=O)CCC(C)(F)F. The van der Waals surface area contributed by atoms with Gasteiger partial charge in [-0.15, -0.1) is 0 Å². The summed E-state index contributed by atoms with van der Waals surface area (Å²) in [7, 11) is 0. The van der Waals surface area contributed by atoms with Crippen LogP contribution in [0.25, 0.3) is 0 Å². The molecule has 0 radical (unpaired) electrons. The first-order valence-corrected chi connectivity index (χ1v) is 4.13. The Hall–Kier alpha value is -0.120. The molecule has 0 unspecified atom stereocenters. The van der Waals surface area contributed by atoms with Crippen molar-refractivity contribution < 1.29 is 13.6 Å². The van der Waals surface area contributed by atoms with Crippen molar-refractivity contribution in [3.63, 3.8) is 0 Å². The smallest absolute Gasteiger partial charge is 0.245 e. The Kier molecular flexibility index (Phi) is 3.86. The van der Waals surface area contributed by atoms with Crippen LogP contribution in [0, 0.1) is 0 Å². The average molecular weight is 168 g/mol. The third-order valence-electron chi connectivity index (χ3n) is 0.996. The van der Waals surface area contributed by atoms with E-state index in [1.54, 1.807) is 6.26 Å². The fraction of sp³-hybridized carbons (Fsp3) is 0.833. The van der Waals surface area contributed by atoms with E-state index in [1.165, 1.54) is 0 Å². The molecule has 0 rings (SSSR count). The number of hydrogen-bond acceptors (Lipinski definition) is 2. The van der Waals surface area contributed by atoms with E-state index in [4.69, 9.17) is 0 Å². The van der Waals surface area contributed by atoms with Crippen LogP contribution in [0.3, 0.4) is 0 Å². The molecule has 0 aromatic rings. The van der Waals surface area contributed by atoms with E-state index in [2.05, 4.69) is 0 Å². The lowest BCUT2D eigenvalue weighted by atomic mass is 10.2. The first-order valence-electron chi connectivity index (χ1n) is 2.90. The fourth-order valence-corrected chi connectivity index (χ4v) is 0.730. The molecule has 0 saturated carbocycles. The van der Waals surface area contributed by atoms with Gasteiger partial charge in [-0.05, 0) is 13.2 Å². The second-order valence-corrected chi connectivity index (χ2v) is 3.01. The molecule has 0 aliphatic rings. The van der Waals surface area contributed by atoms with Gasteiger partial charge in [0, 0.05) is 12.8 Å². The predicted octanol–water partition coefficient (Wildman–Crippen LogP) is 2.31. The quantitative estimate of drug-likeness (QED) is 0.643. The predicted molar refractivity (Wildman–Crippen MR) is 38.4 cm³/mol. The molecule has 0 aliphatic carbocycles. The molecule has 0 aromatic heterocycles. The van der Waals surface area contributed by atoms with E-state index in [0.29, 0.717) is 0 Å². The van der Waals surface area contributed by atoms with E-state index in [0.717, 1.165) is 18.7 Å². The molecule has 0 fully saturated rings. The first kappa shape index (κ1) is 9.88. The van der Waals surface area contributed by atoms with Crippen molar-refractivity contribution in [3.05, 3.63) is 0 Å². The average Bonchev–Trinajstić information content (AvgIpc) is 1.81. The Bertz CT molecular complexity index is 119. The van der Waals surface area contributed by atoms with Crippen LogP contribution in [0.4, 0.5) is 8.78 Å². The molecule has 0 heterocycles. The standard InChI is InChI=1S/C6H10F2OS/c1-6(7,8)4-3-5(9)10-2/h3-4H2,1-2H3. The van der Waals surface area contributed by atoms with Crippen LogP contribution in [0.2, 0.25) is 0 Å². The van der Waals surface area contributed by atoms with Crippen LogP contribution in [-0.4, -0.2) is 17.3 Å². The van der Waals surface area contributed by atoms with Gasteiger partial charge in [0.15, 0.2) is 5.12 Å². The zero-order valence-electron chi connectivity index (χ0n) is 5.99. The largest absolute Gasteiger partial charge is 0.287 e. The molecule has 0 saturated heterocycles. The summed E-state index contributed by atoms with van der Waals surface area (Å²) >= 11 is 0.993. The Morgan fingerprint density at radius 3 is 2.40 bits per heavy atom. The second kappa shape index (κ2) is 3.91. The van der Waals surface area contributed by atoms with E-state index in [9.17, 15) is 13.6 Å². The normalized spacial score (nSPS) is 11.6. The minimum absolute atomic E-state index is 0.0370. The van der Waals surface area contributed by atoms with Crippen molar-refractivity contribution in [1.29, 1.82) is 0 Å². The van der Waals surface area contributed by atoms with Gasteiger partial charge in [0.25, 0.3) is 0 Å². The highest BCUT2D eigenvalue weighted by atomic mass is 32.2. The van der Waals surface area contributed by atoms with Gasteiger partial charge >= 0.3 is 0 Å². The molecule has 10 heavy (non-hydrogen) atoms. The van der Waals surface area contributed by atoms with Gasteiger partial charge in [0.1, 0.15) is 0 Å². The zero-order valence-corrected chi connectivity index (χ0v) is 6.80. The third kappa shape index (κ3) is 6.01. The summed E-state index contributed by atoms with van der Waals surface area (Å²) in [4.78, 5) is 10.5. The van der Waals surface area contributed by atoms with Gasteiger partial charge < -0.3 is 0 Å². The summed E-state index contributed by atoms with van der Waals surface area (Å²) in [6.45, 7) is 0.820. The lowest BCUT2D eigenvalue weighted by molar-refractivity contribution is -0.112. The number of carbonyl (C=O) groups excluding carboxylic acids is 1. The molecule has 0 amide bonds. The van der Waals surface area contributed by atoms with Crippen LogP contribution in [-0.2, 0) is 4.79 Å². The Morgan fingerprint density at radius 2 is 2.10 bits per heavy atom. The summed E-state index contributed by atoms with van der Waals surface area (Å²) in [6.07, 6.45) is 1.22. The summed E-state index contributed by atoms with van der Waals surface area (Å²) in [6, 6.07) is 0. The third-order valence-corrected chi connectivity index (χ3v) is 1.66. The van der Waals surface area contributed by atoms with Crippen LogP contribution in [0.5, 0.6) is 0 Å². The van der Waals surface area contributed by atoms with E-state index >= 15 is 0 Å². The van der Waals surface area contributed by atoms with Gasteiger partial charge in [-0.3, -0.25) is 4.79 Å². The molecule has 0 N–H and O–H groups in total. The minimum Gasteiger partial charge on any atom is -0.287 e. The van der Waals surface area contributed by atoms with Crippen LogP contribution in [0.15, 0.2) is 0 Å². The highest BCUT2D eigenvalue weighted by Gasteiger charge is 2.21. The number of thioether (sulfide) groups is 1. The number of alkyl halides is 2. The van der Waals surface area contributed by atoms with Crippen LogP contribution >= 0.6 is 11.8 Å². The molecule has 0 aromatic carbocycles. The van der Waals surface area contributed by atoms with Crippen molar-refractivity contribution in [1.82, 2.24) is 0 Å². The van der Waals surface area contributed by atoms with Gasteiger partial charge in [-0.25, -0.2) is 8.78 Å². The molecular formula is C6H10F2OS. The number of hydrogen-bond donors (Lipinski definition) is 0. The van der Waals surface area contributed by atoms with Crippen molar-refractivity contribution in [2.75, 3.05) is 6.26 Å². The number of carbonyl (C=O) groups is 1. The monoisotopic (exact) mass is 168 g/mol. The van der Waals surface area contributed by atoms with Crippen LogP contribution < -0.4 is 0 Å². The fourth-order valence-electron chi connectivity index (χ4n) is 0.424. The highest BCUT2D eigenvalue weighted by Crippen LogP contribution is 2.20. The van der Waals surface area contributed by atoms with E-state index in [1.807, 2.05) is 0 Å². The van der Waals surface area contributed by atoms with Gasteiger partial charge in [0.05, 0.1) is 0 Å². The van der Waals surface area contributed by atoms with E-state index < -0.39 is 5.92 Å². The second-order valence-electron chi connectivity index (χ2n) is 2.15. The van der Waals surface area contributed by atoms with Gasteiger partial charge in [0.2, 0.25) is 5.92 Å². The first-order chi connectivity index (χ1) is 4.45. The molecule has 60 valence electrons. The van der Waals surface area contributed by atoms with Crippen molar-refractivity contribution >= 4 is 16.9 Å².